The van der Waals surface area contributed by atoms with Gasteiger partial charge in [0.2, 0.25) is 11.9 Å². The molecule has 2 heterocycles. The van der Waals surface area contributed by atoms with Crippen LogP contribution in [0.3, 0.4) is 0 Å². The molecule has 1 amide bonds. The molecule has 1 N–H and O–H groups in total. The number of fused-ring (bicyclic) bond motifs is 1. The number of ether oxygens (including phenoxy) is 1. The maximum atomic E-state index is 12.4. The van der Waals surface area contributed by atoms with Crippen LogP contribution in [0.4, 0.5) is 5.95 Å². The Morgan fingerprint density at radius 3 is 2.69 bits per heavy atom. The Labute approximate surface area is 154 Å². The van der Waals surface area contributed by atoms with Crippen LogP contribution in [0.5, 0.6) is 0 Å². The summed E-state index contributed by atoms with van der Waals surface area (Å²) < 4.78 is 7.99. The van der Waals surface area contributed by atoms with Crippen molar-refractivity contribution in [3.63, 3.8) is 0 Å². The number of hydrogen-bond donors (Lipinski definition) is 1. The summed E-state index contributed by atoms with van der Waals surface area (Å²) in [4.78, 5) is 21.7. The number of carbonyl (C=O) groups is 1. The summed E-state index contributed by atoms with van der Waals surface area (Å²) in [6.07, 6.45) is 10.2. The van der Waals surface area contributed by atoms with Crippen molar-refractivity contribution in [3.8, 4) is 0 Å². The van der Waals surface area contributed by atoms with Crippen molar-refractivity contribution in [2.75, 3.05) is 11.9 Å². The van der Waals surface area contributed by atoms with E-state index in [1.807, 2.05) is 19.1 Å². The highest BCUT2D eigenvalue weighted by Crippen LogP contribution is 2.36. The van der Waals surface area contributed by atoms with Crippen molar-refractivity contribution in [1.29, 1.82) is 0 Å². The first-order valence-electron chi connectivity index (χ1n) is 9.98. The van der Waals surface area contributed by atoms with Gasteiger partial charge in [0.05, 0.1) is 19.1 Å². The van der Waals surface area contributed by atoms with Crippen LogP contribution >= 0.6 is 0 Å². The van der Waals surface area contributed by atoms with Gasteiger partial charge in [-0.05, 0) is 51.2 Å². The van der Waals surface area contributed by atoms with Crippen LogP contribution < -0.4 is 5.32 Å². The van der Waals surface area contributed by atoms with Crippen LogP contribution in [0, 0.1) is 6.92 Å². The summed E-state index contributed by atoms with van der Waals surface area (Å²) in [6.45, 7) is 2.47. The number of hydrogen-bond acceptors (Lipinski definition) is 4. The molecule has 2 aromatic heterocycles. The number of amides is 1. The zero-order chi connectivity index (χ0) is 17.9. The minimum atomic E-state index is -0.0339. The second kappa shape index (κ2) is 7.74. The van der Waals surface area contributed by atoms with Crippen LogP contribution in [-0.4, -0.2) is 33.2 Å². The third-order valence-electron chi connectivity index (χ3n) is 5.60. The van der Waals surface area contributed by atoms with Crippen LogP contribution in [0.1, 0.15) is 69.5 Å². The molecule has 0 aliphatic heterocycles. The minimum Gasteiger partial charge on any atom is -0.378 e. The number of nitrogens with zero attached hydrogens (tertiary/aromatic N) is 3. The van der Waals surface area contributed by atoms with E-state index >= 15 is 0 Å². The first-order valence-corrected chi connectivity index (χ1v) is 9.98. The lowest BCUT2D eigenvalue weighted by atomic mass is 9.93. The van der Waals surface area contributed by atoms with Crippen LogP contribution in [0.2, 0.25) is 0 Å². The van der Waals surface area contributed by atoms with E-state index < -0.39 is 0 Å². The fourth-order valence-electron chi connectivity index (χ4n) is 3.88. The van der Waals surface area contributed by atoms with E-state index in [1.54, 1.807) is 0 Å². The Morgan fingerprint density at radius 1 is 1.15 bits per heavy atom. The molecule has 140 valence electrons. The molecule has 0 atom stereocenters. The van der Waals surface area contributed by atoms with Crippen molar-refractivity contribution in [3.05, 3.63) is 17.8 Å². The maximum absolute atomic E-state index is 12.4. The highest BCUT2D eigenvalue weighted by atomic mass is 16.5. The second-order valence-electron chi connectivity index (χ2n) is 7.61. The molecule has 4 rings (SSSR count). The zero-order valence-electron chi connectivity index (χ0n) is 15.5. The molecule has 0 radical (unpaired) electrons. The maximum Gasteiger partial charge on any atom is 0.229 e. The van der Waals surface area contributed by atoms with Gasteiger partial charge in [-0.1, -0.05) is 19.3 Å². The lowest BCUT2D eigenvalue weighted by Crippen LogP contribution is -2.24. The lowest BCUT2D eigenvalue weighted by Gasteiger charge is -2.28. The summed E-state index contributed by atoms with van der Waals surface area (Å²) in [7, 11) is 0. The van der Waals surface area contributed by atoms with E-state index in [0.29, 0.717) is 31.1 Å². The van der Waals surface area contributed by atoms with Gasteiger partial charge < -0.3 is 4.74 Å². The van der Waals surface area contributed by atoms with E-state index in [0.717, 1.165) is 42.5 Å². The Morgan fingerprint density at radius 2 is 1.96 bits per heavy atom. The second-order valence-corrected chi connectivity index (χ2v) is 7.61. The molecule has 2 fully saturated rings. The Balaban J connectivity index is 1.41. The highest BCUT2D eigenvalue weighted by molar-refractivity contribution is 5.91. The third-order valence-corrected chi connectivity index (χ3v) is 5.60. The molecular weight excluding hydrogens is 328 g/mol. The number of pyridine rings is 1. The quantitative estimate of drug-likeness (QED) is 0.844. The van der Waals surface area contributed by atoms with E-state index in [2.05, 4.69) is 19.9 Å². The van der Waals surface area contributed by atoms with Gasteiger partial charge in [0.25, 0.3) is 0 Å². The van der Waals surface area contributed by atoms with Crippen molar-refractivity contribution >= 4 is 23.0 Å². The number of aryl methyl sites for hydroxylation is 1. The fraction of sp³-hybridized carbons (Fsp3) is 0.650. The Kier molecular flexibility index (Phi) is 5.20. The SMILES string of the molecule is Cc1ccc2nc(NC(=O)CCOC3CCCCC3)n(C3CCC3)c2n1. The first-order chi connectivity index (χ1) is 12.7. The molecule has 2 aromatic rings. The minimum absolute atomic E-state index is 0.0339. The summed E-state index contributed by atoms with van der Waals surface area (Å²) >= 11 is 0. The molecule has 26 heavy (non-hydrogen) atoms. The zero-order valence-corrected chi connectivity index (χ0v) is 15.5. The average molecular weight is 356 g/mol. The van der Waals surface area contributed by atoms with E-state index in [1.165, 1.54) is 25.7 Å². The smallest absolute Gasteiger partial charge is 0.229 e. The standard InChI is InChI=1S/C20H28N4O2/c1-14-10-11-17-19(21-14)24(15-6-5-7-15)20(22-17)23-18(25)12-13-26-16-8-3-2-4-9-16/h10-11,15-16H,2-9,12-13H2,1H3,(H,22,23,25). The Bertz CT molecular complexity index is 775. The molecule has 2 saturated carbocycles. The van der Waals surface area contributed by atoms with Gasteiger partial charge in [-0.25, -0.2) is 9.97 Å². The number of rotatable bonds is 6. The molecule has 6 heteroatoms. The fourth-order valence-corrected chi connectivity index (χ4v) is 3.88. The monoisotopic (exact) mass is 356 g/mol. The number of aromatic nitrogens is 3. The molecule has 6 nitrogen and oxygen atoms in total. The van der Waals surface area contributed by atoms with Crippen LogP contribution in [0.25, 0.3) is 11.2 Å². The molecule has 0 saturated heterocycles. The summed E-state index contributed by atoms with van der Waals surface area (Å²) in [5, 5.41) is 3.00. The molecule has 0 spiro atoms. The van der Waals surface area contributed by atoms with E-state index in [-0.39, 0.29) is 5.91 Å². The van der Waals surface area contributed by atoms with Crippen LogP contribution in [-0.2, 0) is 9.53 Å². The molecule has 0 unspecified atom stereocenters. The van der Waals surface area contributed by atoms with Crippen molar-refractivity contribution < 1.29 is 9.53 Å². The van der Waals surface area contributed by atoms with E-state index in [9.17, 15) is 4.79 Å². The summed E-state index contributed by atoms with van der Waals surface area (Å²) in [5.41, 5.74) is 2.69. The molecule has 2 aliphatic rings. The number of nitrogens with one attached hydrogen (secondary N) is 1. The van der Waals surface area contributed by atoms with Gasteiger partial charge in [-0.3, -0.25) is 14.7 Å². The van der Waals surface area contributed by atoms with Gasteiger partial charge in [-0.2, -0.15) is 0 Å². The van der Waals surface area contributed by atoms with Crippen molar-refractivity contribution in [2.24, 2.45) is 0 Å². The predicted molar refractivity (Wildman–Crippen MR) is 101 cm³/mol. The van der Waals surface area contributed by atoms with Crippen molar-refractivity contribution in [2.45, 2.75) is 76.9 Å². The summed E-state index contributed by atoms with van der Waals surface area (Å²) in [5.74, 6) is 0.596. The number of carbonyl (C=O) groups excluding carboxylic acids is 1. The normalized spacial score (nSPS) is 18.8. The first kappa shape index (κ1) is 17.5. The van der Waals surface area contributed by atoms with Crippen molar-refractivity contribution in [1.82, 2.24) is 14.5 Å². The van der Waals surface area contributed by atoms with Gasteiger partial charge in [0.1, 0.15) is 5.52 Å². The topological polar surface area (TPSA) is 69.0 Å². The average Bonchev–Trinajstić information content (AvgIpc) is 2.92. The molecule has 0 aromatic carbocycles. The highest BCUT2D eigenvalue weighted by Gasteiger charge is 2.26. The van der Waals surface area contributed by atoms with Gasteiger partial charge in [0.15, 0.2) is 5.65 Å². The number of imidazole rings is 1. The Hall–Kier alpha value is -1.95. The lowest BCUT2D eigenvalue weighted by molar-refractivity contribution is -0.117. The molecule has 2 aliphatic carbocycles. The predicted octanol–water partition coefficient (Wildman–Crippen LogP) is 4.14. The largest absolute Gasteiger partial charge is 0.378 e. The molecular formula is C20H28N4O2. The van der Waals surface area contributed by atoms with E-state index in [4.69, 9.17) is 4.74 Å². The number of anilines is 1. The molecule has 0 bridgehead atoms. The third kappa shape index (κ3) is 3.75. The van der Waals surface area contributed by atoms with Crippen LogP contribution in [0.15, 0.2) is 12.1 Å². The van der Waals surface area contributed by atoms with Gasteiger partial charge >= 0.3 is 0 Å². The van der Waals surface area contributed by atoms with Gasteiger partial charge in [-0.15, -0.1) is 0 Å². The summed E-state index contributed by atoms with van der Waals surface area (Å²) in [6, 6.07) is 4.33. The van der Waals surface area contributed by atoms with Gasteiger partial charge in [0, 0.05) is 11.7 Å².